The van der Waals surface area contributed by atoms with E-state index in [0.717, 1.165) is 45.2 Å². The summed E-state index contributed by atoms with van der Waals surface area (Å²) in [5.74, 6) is 0.723. The largest absolute Gasteiger partial charge is 0.381 e. The Morgan fingerprint density at radius 2 is 1.48 bits per heavy atom. The maximum absolute atomic E-state index is 6.08. The van der Waals surface area contributed by atoms with E-state index in [-0.39, 0.29) is 5.60 Å². The molecule has 1 spiro atoms. The fourth-order valence-electron chi connectivity index (χ4n) is 5.04. The normalized spacial score (nSPS) is 23.8. The summed E-state index contributed by atoms with van der Waals surface area (Å²) in [5, 5.41) is 0. The highest BCUT2D eigenvalue weighted by atomic mass is 16.5. The molecule has 0 bridgehead atoms. The van der Waals surface area contributed by atoms with Crippen LogP contribution in [0.4, 0.5) is 0 Å². The number of hydrogen-bond donors (Lipinski definition) is 0. The van der Waals surface area contributed by atoms with Crippen molar-refractivity contribution in [3.05, 3.63) is 0 Å². The average molecular weight is 411 g/mol. The summed E-state index contributed by atoms with van der Waals surface area (Å²) in [7, 11) is 0. The average Bonchev–Trinajstić information content (AvgIpc) is 2.47. The first-order chi connectivity index (χ1) is 13.5. The van der Waals surface area contributed by atoms with Crippen LogP contribution in [0.15, 0.2) is 0 Å². The second-order valence-corrected chi connectivity index (χ2v) is 11.8. The smallest absolute Gasteiger partial charge is 0.0602 e. The molecule has 2 aliphatic heterocycles. The lowest BCUT2D eigenvalue weighted by Crippen LogP contribution is -2.64. The standard InChI is InChI=1S/C24H46N2O3/c1-22(2,3)26-15-20(16-26)17-28-12-8-11-27-10-7-9-25-18-24(19-25)13-21(14-24)29-23(4,5)6/h20-21H,7-19H2,1-6H3. The summed E-state index contributed by atoms with van der Waals surface area (Å²) >= 11 is 0. The van der Waals surface area contributed by atoms with Crippen molar-refractivity contribution in [2.75, 3.05) is 59.2 Å². The number of likely N-dealkylation sites (tertiary alicyclic amines) is 2. The van der Waals surface area contributed by atoms with Crippen LogP contribution in [-0.2, 0) is 14.2 Å². The van der Waals surface area contributed by atoms with Crippen LogP contribution in [0, 0.1) is 11.3 Å². The van der Waals surface area contributed by atoms with Crippen molar-refractivity contribution in [1.29, 1.82) is 0 Å². The molecule has 170 valence electrons. The molecule has 0 aromatic heterocycles. The fourth-order valence-corrected chi connectivity index (χ4v) is 5.04. The Hall–Kier alpha value is -0.200. The van der Waals surface area contributed by atoms with Crippen LogP contribution in [0.5, 0.6) is 0 Å². The Balaban J connectivity index is 1.07. The van der Waals surface area contributed by atoms with Crippen molar-refractivity contribution < 1.29 is 14.2 Å². The zero-order chi connectivity index (χ0) is 21.1. The summed E-state index contributed by atoms with van der Waals surface area (Å²) in [4.78, 5) is 5.10. The van der Waals surface area contributed by atoms with Crippen LogP contribution in [-0.4, -0.2) is 86.2 Å². The Kier molecular flexibility index (Phi) is 7.70. The third-order valence-corrected chi connectivity index (χ3v) is 6.56. The van der Waals surface area contributed by atoms with E-state index < -0.39 is 0 Å². The molecule has 5 heteroatoms. The van der Waals surface area contributed by atoms with Gasteiger partial charge in [-0.2, -0.15) is 0 Å². The summed E-state index contributed by atoms with van der Waals surface area (Å²) < 4.78 is 17.7. The second kappa shape index (κ2) is 9.52. The molecule has 5 nitrogen and oxygen atoms in total. The van der Waals surface area contributed by atoms with Gasteiger partial charge in [0.25, 0.3) is 0 Å². The monoisotopic (exact) mass is 410 g/mol. The molecule has 2 heterocycles. The molecule has 1 aliphatic carbocycles. The van der Waals surface area contributed by atoms with E-state index >= 15 is 0 Å². The molecule has 0 aromatic rings. The quantitative estimate of drug-likeness (QED) is 0.484. The topological polar surface area (TPSA) is 34.2 Å². The van der Waals surface area contributed by atoms with Gasteiger partial charge in [-0.05, 0) is 67.2 Å². The highest BCUT2D eigenvalue weighted by molar-refractivity contribution is 5.05. The predicted octanol–water partition coefficient (Wildman–Crippen LogP) is 3.81. The van der Waals surface area contributed by atoms with Gasteiger partial charge in [0.05, 0.1) is 18.3 Å². The van der Waals surface area contributed by atoms with Crippen LogP contribution in [0.25, 0.3) is 0 Å². The Morgan fingerprint density at radius 1 is 0.862 bits per heavy atom. The van der Waals surface area contributed by atoms with Crippen molar-refractivity contribution in [2.45, 2.75) is 84.5 Å². The van der Waals surface area contributed by atoms with Crippen LogP contribution in [0.3, 0.4) is 0 Å². The van der Waals surface area contributed by atoms with Gasteiger partial charge in [-0.15, -0.1) is 0 Å². The molecule has 0 N–H and O–H groups in total. The van der Waals surface area contributed by atoms with Gasteiger partial charge < -0.3 is 19.1 Å². The lowest BCUT2D eigenvalue weighted by Gasteiger charge is -2.59. The molecule has 0 aromatic carbocycles. The van der Waals surface area contributed by atoms with Gasteiger partial charge in [-0.1, -0.05) is 0 Å². The van der Waals surface area contributed by atoms with E-state index in [9.17, 15) is 0 Å². The molecule has 0 amide bonds. The lowest BCUT2D eigenvalue weighted by molar-refractivity contribution is -0.186. The molecule has 0 radical (unpaired) electrons. The third kappa shape index (κ3) is 7.17. The molecule has 29 heavy (non-hydrogen) atoms. The van der Waals surface area contributed by atoms with Gasteiger partial charge in [-0.3, -0.25) is 4.90 Å². The van der Waals surface area contributed by atoms with E-state index in [4.69, 9.17) is 14.2 Å². The second-order valence-electron chi connectivity index (χ2n) is 11.8. The van der Waals surface area contributed by atoms with E-state index in [1.165, 1.54) is 45.6 Å². The number of nitrogens with zero attached hydrogens (tertiary/aromatic N) is 2. The Bertz CT molecular complexity index is 491. The minimum atomic E-state index is 0.00273. The highest BCUT2D eigenvalue weighted by Crippen LogP contribution is 2.50. The summed E-state index contributed by atoms with van der Waals surface area (Å²) in [6.45, 7) is 22.8. The van der Waals surface area contributed by atoms with Gasteiger partial charge in [0, 0.05) is 69.4 Å². The molecular weight excluding hydrogens is 364 g/mol. The van der Waals surface area contributed by atoms with Crippen LogP contribution < -0.4 is 0 Å². The van der Waals surface area contributed by atoms with E-state index in [1.54, 1.807) is 0 Å². The molecule has 3 rings (SSSR count). The molecule has 1 saturated carbocycles. The number of rotatable bonds is 11. The summed E-state index contributed by atoms with van der Waals surface area (Å²) in [6.07, 6.45) is 5.16. The van der Waals surface area contributed by atoms with E-state index in [2.05, 4.69) is 51.3 Å². The van der Waals surface area contributed by atoms with Crippen molar-refractivity contribution in [3.63, 3.8) is 0 Å². The summed E-state index contributed by atoms with van der Waals surface area (Å²) in [6, 6.07) is 0. The van der Waals surface area contributed by atoms with Gasteiger partial charge in [0.1, 0.15) is 0 Å². The van der Waals surface area contributed by atoms with Crippen molar-refractivity contribution in [2.24, 2.45) is 11.3 Å². The first kappa shape index (κ1) is 23.5. The minimum absolute atomic E-state index is 0.00273. The third-order valence-electron chi connectivity index (χ3n) is 6.56. The van der Waals surface area contributed by atoms with E-state index in [1.807, 2.05) is 0 Å². The fraction of sp³-hybridized carbons (Fsp3) is 1.00. The van der Waals surface area contributed by atoms with Crippen molar-refractivity contribution >= 4 is 0 Å². The molecule has 3 aliphatic rings. The van der Waals surface area contributed by atoms with Crippen molar-refractivity contribution in [3.8, 4) is 0 Å². The van der Waals surface area contributed by atoms with Gasteiger partial charge >= 0.3 is 0 Å². The molecular formula is C24H46N2O3. The van der Waals surface area contributed by atoms with Crippen LogP contribution in [0.2, 0.25) is 0 Å². The first-order valence-corrected chi connectivity index (χ1v) is 11.9. The van der Waals surface area contributed by atoms with Crippen molar-refractivity contribution in [1.82, 2.24) is 9.80 Å². The van der Waals surface area contributed by atoms with E-state index in [0.29, 0.717) is 17.1 Å². The van der Waals surface area contributed by atoms with Gasteiger partial charge in [0.15, 0.2) is 0 Å². The zero-order valence-corrected chi connectivity index (χ0v) is 20.0. The SMILES string of the molecule is CC(C)(C)OC1CC2(C1)CN(CCCOCCCOCC1CN(C(C)(C)C)C1)C2. The molecule has 0 atom stereocenters. The number of ether oxygens (including phenoxy) is 3. The van der Waals surface area contributed by atoms with Crippen LogP contribution >= 0.6 is 0 Å². The zero-order valence-electron chi connectivity index (χ0n) is 20.0. The minimum Gasteiger partial charge on any atom is -0.381 e. The Morgan fingerprint density at radius 3 is 2.10 bits per heavy atom. The summed E-state index contributed by atoms with van der Waals surface area (Å²) in [5.41, 5.74) is 0.892. The number of hydrogen-bond acceptors (Lipinski definition) is 5. The van der Waals surface area contributed by atoms with Gasteiger partial charge in [0.2, 0.25) is 0 Å². The predicted molar refractivity (Wildman–Crippen MR) is 118 cm³/mol. The lowest BCUT2D eigenvalue weighted by atomic mass is 9.61. The highest BCUT2D eigenvalue weighted by Gasteiger charge is 2.53. The molecule has 3 fully saturated rings. The Labute approximate surface area is 179 Å². The molecule has 0 unspecified atom stereocenters. The maximum atomic E-state index is 6.08. The first-order valence-electron chi connectivity index (χ1n) is 11.9. The maximum Gasteiger partial charge on any atom is 0.0602 e. The molecule has 2 saturated heterocycles. The van der Waals surface area contributed by atoms with Gasteiger partial charge in [-0.25, -0.2) is 0 Å². The van der Waals surface area contributed by atoms with Crippen LogP contribution in [0.1, 0.15) is 67.2 Å².